The number of rotatable bonds is 9. The van der Waals surface area contributed by atoms with Crippen molar-refractivity contribution >= 4 is 6.09 Å². The fourth-order valence-corrected chi connectivity index (χ4v) is 3.53. The predicted molar refractivity (Wildman–Crippen MR) is 119 cm³/mol. The number of carbonyl (C=O) groups excluding carboxylic acids is 1. The molecule has 1 fully saturated rings. The minimum Gasteiger partial charge on any atom is -0.494 e. The maximum atomic E-state index is 12.3. The van der Waals surface area contributed by atoms with Gasteiger partial charge in [-0.3, -0.25) is 4.90 Å². The van der Waals surface area contributed by atoms with Crippen LogP contribution in [-0.4, -0.2) is 48.7 Å². The summed E-state index contributed by atoms with van der Waals surface area (Å²) >= 11 is 0. The number of amides is 1. The Hall–Kier alpha value is -2.53. The van der Waals surface area contributed by atoms with Crippen molar-refractivity contribution in [1.29, 1.82) is 0 Å². The van der Waals surface area contributed by atoms with Gasteiger partial charge in [-0.05, 0) is 42.0 Å². The molecule has 1 aliphatic rings. The Morgan fingerprint density at radius 1 is 0.933 bits per heavy atom. The average molecular weight is 411 g/mol. The Morgan fingerprint density at radius 2 is 1.63 bits per heavy atom. The molecule has 0 aromatic heterocycles. The minimum atomic E-state index is -0.225. The number of nitrogens with zero attached hydrogens (tertiary/aromatic N) is 2. The first kappa shape index (κ1) is 22.2. The topological polar surface area (TPSA) is 42.0 Å². The molecule has 0 saturated carbocycles. The molecule has 0 spiro atoms. The molecule has 0 aliphatic carbocycles. The van der Waals surface area contributed by atoms with Crippen molar-refractivity contribution in [3.63, 3.8) is 0 Å². The van der Waals surface area contributed by atoms with E-state index in [1.54, 1.807) is 4.90 Å². The van der Waals surface area contributed by atoms with E-state index in [1.807, 2.05) is 30.3 Å². The van der Waals surface area contributed by atoms with Gasteiger partial charge in [0.05, 0.1) is 6.61 Å². The van der Waals surface area contributed by atoms with Gasteiger partial charge in [0.1, 0.15) is 12.4 Å². The molecule has 3 rings (SSSR count). The monoisotopic (exact) mass is 410 g/mol. The zero-order valence-corrected chi connectivity index (χ0v) is 18.3. The van der Waals surface area contributed by atoms with Gasteiger partial charge in [-0.15, -0.1) is 0 Å². The Kier molecular flexibility index (Phi) is 8.57. The fraction of sp³-hybridized carbons (Fsp3) is 0.480. The van der Waals surface area contributed by atoms with Gasteiger partial charge < -0.3 is 14.4 Å². The zero-order valence-electron chi connectivity index (χ0n) is 18.3. The van der Waals surface area contributed by atoms with Gasteiger partial charge in [0.2, 0.25) is 0 Å². The van der Waals surface area contributed by atoms with Gasteiger partial charge >= 0.3 is 6.09 Å². The van der Waals surface area contributed by atoms with Crippen molar-refractivity contribution in [2.24, 2.45) is 5.92 Å². The van der Waals surface area contributed by atoms with Crippen LogP contribution in [0.15, 0.2) is 54.6 Å². The number of piperazine rings is 1. The Labute approximate surface area is 180 Å². The summed E-state index contributed by atoms with van der Waals surface area (Å²) in [4.78, 5) is 16.5. The summed E-state index contributed by atoms with van der Waals surface area (Å²) in [6.45, 7) is 9.58. The Bertz CT molecular complexity index is 754. The van der Waals surface area contributed by atoms with Crippen LogP contribution in [0.5, 0.6) is 5.75 Å². The maximum absolute atomic E-state index is 12.3. The molecule has 0 atom stereocenters. The molecule has 5 nitrogen and oxygen atoms in total. The van der Waals surface area contributed by atoms with E-state index < -0.39 is 0 Å². The van der Waals surface area contributed by atoms with E-state index in [1.165, 1.54) is 12.0 Å². The first-order chi connectivity index (χ1) is 14.6. The lowest BCUT2D eigenvalue weighted by Gasteiger charge is -2.34. The van der Waals surface area contributed by atoms with Gasteiger partial charge in [-0.25, -0.2) is 4.79 Å². The van der Waals surface area contributed by atoms with Crippen LogP contribution in [0.25, 0.3) is 0 Å². The maximum Gasteiger partial charge on any atom is 0.410 e. The van der Waals surface area contributed by atoms with Gasteiger partial charge in [-0.2, -0.15) is 0 Å². The summed E-state index contributed by atoms with van der Waals surface area (Å²) in [6.07, 6.45) is 2.07. The van der Waals surface area contributed by atoms with Crippen LogP contribution in [0.3, 0.4) is 0 Å². The molecular formula is C25H34N2O3. The third kappa shape index (κ3) is 7.38. The molecule has 0 radical (unpaired) electrons. The van der Waals surface area contributed by atoms with Gasteiger partial charge in [0, 0.05) is 32.7 Å². The number of hydrogen-bond acceptors (Lipinski definition) is 4. The van der Waals surface area contributed by atoms with Gasteiger partial charge in [0.15, 0.2) is 0 Å². The van der Waals surface area contributed by atoms with Crippen molar-refractivity contribution in [2.75, 3.05) is 32.8 Å². The van der Waals surface area contributed by atoms with E-state index in [-0.39, 0.29) is 6.09 Å². The second kappa shape index (κ2) is 11.6. The summed E-state index contributed by atoms with van der Waals surface area (Å²) < 4.78 is 11.3. The van der Waals surface area contributed by atoms with E-state index in [9.17, 15) is 4.79 Å². The van der Waals surface area contributed by atoms with E-state index in [2.05, 4.69) is 43.0 Å². The van der Waals surface area contributed by atoms with Crippen molar-refractivity contribution in [1.82, 2.24) is 9.80 Å². The number of benzene rings is 2. The normalized spacial score (nSPS) is 14.7. The van der Waals surface area contributed by atoms with Crippen molar-refractivity contribution in [3.05, 3.63) is 65.7 Å². The highest BCUT2D eigenvalue weighted by atomic mass is 16.6. The van der Waals surface area contributed by atoms with Crippen molar-refractivity contribution in [2.45, 2.75) is 39.8 Å². The molecular weight excluding hydrogens is 376 g/mol. The summed E-state index contributed by atoms with van der Waals surface area (Å²) in [5, 5.41) is 0. The molecule has 0 bridgehead atoms. The SMILES string of the molecule is CC(C)CCCOc1ccc(CN2CCN(C(=O)OCc3ccccc3)CC2)cc1. The molecule has 1 saturated heterocycles. The van der Waals surface area contributed by atoms with Crippen molar-refractivity contribution < 1.29 is 14.3 Å². The molecule has 30 heavy (non-hydrogen) atoms. The lowest BCUT2D eigenvalue weighted by atomic mass is 10.1. The third-order valence-corrected chi connectivity index (χ3v) is 5.36. The quantitative estimate of drug-likeness (QED) is 0.548. The van der Waals surface area contributed by atoms with Crippen LogP contribution in [0.4, 0.5) is 4.79 Å². The first-order valence-corrected chi connectivity index (χ1v) is 11.0. The van der Waals surface area contributed by atoms with Crippen LogP contribution in [0.2, 0.25) is 0 Å². The molecule has 2 aromatic rings. The molecule has 162 valence electrons. The zero-order chi connectivity index (χ0) is 21.2. The summed E-state index contributed by atoms with van der Waals surface area (Å²) in [6, 6.07) is 18.2. The lowest BCUT2D eigenvalue weighted by Crippen LogP contribution is -2.48. The van der Waals surface area contributed by atoms with E-state index in [0.717, 1.165) is 49.9 Å². The van der Waals surface area contributed by atoms with Crippen LogP contribution in [0.1, 0.15) is 37.8 Å². The van der Waals surface area contributed by atoms with Gasteiger partial charge in [-0.1, -0.05) is 56.3 Å². The van der Waals surface area contributed by atoms with E-state index >= 15 is 0 Å². The van der Waals surface area contributed by atoms with E-state index in [0.29, 0.717) is 19.7 Å². The number of carbonyl (C=O) groups is 1. The lowest BCUT2D eigenvalue weighted by molar-refractivity contribution is 0.0700. The van der Waals surface area contributed by atoms with Crippen LogP contribution >= 0.6 is 0 Å². The van der Waals surface area contributed by atoms with Crippen molar-refractivity contribution in [3.8, 4) is 5.75 Å². The minimum absolute atomic E-state index is 0.225. The Balaban J connectivity index is 1.35. The predicted octanol–water partition coefficient (Wildman–Crippen LogP) is 4.96. The summed E-state index contributed by atoms with van der Waals surface area (Å²) in [7, 11) is 0. The summed E-state index contributed by atoms with van der Waals surface area (Å²) in [5.74, 6) is 1.66. The molecule has 1 amide bonds. The number of ether oxygens (including phenoxy) is 2. The number of hydrogen-bond donors (Lipinski definition) is 0. The average Bonchev–Trinajstić information content (AvgIpc) is 2.77. The van der Waals surface area contributed by atoms with Gasteiger partial charge in [0.25, 0.3) is 0 Å². The smallest absolute Gasteiger partial charge is 0.410 e. The Morgan fingerprint density at radius 3 is 2.30 bits per heavy atom. The highest BCUT2D eigenvalue weighted by molar-refractivity contribution is 5.67. The molecule has 5 heteroatoms. The van der Waals surface area contributed by atoms with Crippen LogP contribution < -0.4 is 4.74 Å². The molecule has 2 aromatic carbocycles. The second-order valence-electron chi connectivity index (χ2n) is 8.33. The van der Waals surface area contributed by atoms with Crippen LogP contribution in [-0.2, 0) is 17.9 Å². The molecule has 1 heterocycles. The van der Waals surface area contributed by atoms with Crippen LogP contribution in [0, 0.1) is 5.92 Å². The first-order valence-electron chi connectivity index (χ1n) is 11.0. The highest BCUT2D eigenvalue weighted by Crippen LogP contribution is 2.16. The molecule has 0 unspecified atom stereocenters. The fourth-order valence-electron chi connectivity index (χ4n) is 3.53. The third-order valence-electron chi connectivity index (χ3n) is 5.36. The second-order valence-corrected chi connectivity index (χ2v) is 8.33. The molecule has 1 aliphatic heterocycles. The standard InChI is InChI=1S/C25H34N2O3/c1-21(2)7-6-18-29-24-12-10-22(11-13-24)19-26-14-16-27(17-15-26)25(28)30-20-23-8-4-3-5-9-23/h3-5,8-13,21H,6-7,14-20H2,1-2H3. The largest absolute Gasteiger partial charge is 0.494 e. The summed E-state index contributed by atoms with van der Waals surface area (Å²) in [5.41, 5.74) is 2.28. The highest BCUT2D eigenvalue weighted by Gasteiger charge is 2.22. The molecule has 0 N–H and O–H groups in total. The van der Waals surface area contributed by atoms with E-state index in [4.69, 9.17) is 9.47 Å².